The minimum atomic E-state index is 0.293. The summed E-state index contributed by atoms with van der Waals surface area (Å²) in [6, 6.07) is 0. The lowest BCUT2D eigenvalue weighted by Crippen LogP contribution is -2.30. The highest BCUT2D eigenvalue weighted by molar-refractivity contribution is 4.77. The summed E-state index contributed by atoms with van der Waals surface area (Å²) in [7, 11) is 1.72. The van der Waals surface area contributed by atoms with Gasteiger partial charge < -0.3 is 15.2 Å². The molecule has 3 nitrogen and oxygen atoms in total. The summed E-state index contributed by atoms with van der Waals surface area (Å²) in [5, 5.41) is 0. The van der Waals surface area contributed by atoms with Crippen molar-refractivity contribution in [2.75, 3.05) is 33.5 Å². The third-order valence-corrected chi connectivity index (χ3v) is 3.35. The van der Waals surface area contributed by atoms with E-state index in [1.54, 1.807) is 7.11 Å². The molecule has 0 aliphatic rings. The number of hydrogen-bond donors (Lipinski definition) is 1. The van der Waals surface area contributed by atoms with Crippen molar-refractivity contribution in [3.8, 4) is 0 Å². The Bertz CT molecular complexity index is 127. The van der Waals surface area contributed by atoms with Gasteiger partial charge >= 0.3 is 0 Å². The van der Waals surface area contributed by atoms with Crippen LogP contribution in [0.15, 0.2) is 0 Å². The highest BCUT2D eigenvalue weighted by Crippen LogP contribution is 2.28. The molecule has 92 valence electrons. The van der Waals surface area contributed by atoms with Crippen molar-refractivity contribution in [3.63, 3.8) is 0 Å². The van der Waals surface area contributed by atoms with E-state index in [2.05, 4.69) is 13.8 Å². The Kier molecular flexibility index (Phi) is 9.06. The first-order chi connectivity index (χ1) is 7.24. The first-order valence-corrected chi connectivity index (χ1v) is 6.01. The molecule has 0 amide bonds. The molecule has 0 radical (unpaired) electrons. The van der Waals surface area contributed by atoms with E-state index in [4.69, 9.17) is 15.2 Å². The van der Waals surface area contributed by atoms with Gasteiger partial charge in [-0.05, 0) is 37.6 Å². The highest BCUT2D eigenvalue weighted by atomic mass is 16.5. The third kappa shape index (κ3) is 6.13. The predicted molar refractivity (Wildman–Crippen MR) is 64.0 cm³/mol. The van der Waals surface area contributed by atoms with Gasteiger partial charge in [0.25, 0.3) is 0 Å². The molecule has 0 fully saturated rings. The Balaban J connectivity index is 3.54. The van der Waals surface area contributed by atoms with E-state index >= 15 is 0 Å². The van der Waals surface area contributed by atoms with E-state index in [1.807, 2.05) is 0 Å². The SMILES string of the molecule is CCC(CC)(CN)CCOCCCOC. The lowest BCUT2D eigenvalue weighted by molar-refractivity contribution is 0.0748. The van der Waals surface area contributed by atoms with Crippen LogP contribution in [-0.2, 0) is 9.47 Å². The van der Waals surface area contributed by atoms with Crippen LogP contribution >= 0.6 is 0 Å². The second kappa shape index (κ2) is 9.13. The number of nitrogens with two attached hydrogens (primary N) is 1. The molecule has 0 aromatic carbocycles. The maximum absolute atomic E-state index is 5.82. The fourth-order valence-corrected chi connectivity index (χ4v) is 1.69. The third-order valence-electron chi connectivity index (χ3n) is 3.35. The molecule has 0 aromatic rings. The fourth-order valence-electron chi connectivity index (χ4n) is 1.69. The van der Waals surface area contributed by atoms with Crippen LogP contribution in [-0.4, -0.2) is 33.5 Å². The standard InChI is InChI=1S/C12H27NO2/c1-4-12(5-2,11-13)7-10-15-9-6-8-14-3/h4-11,13H2,1-3H3. The van der Waals surface area contributed by atoms with E-state index in [-0.39, 0.29) is 0 Å². The molecule has 0 aromatic heterocycles. The van der Waals surface area contributed by atoms with Crippen LogP contribution in [0.4, 0.5) is 0 Å². The Hall–Kier alpha value is -0.120. The van der Waals surface area contributed by atoms with Gasteiger partial charge in [-0.3, -0.25) is 0 Å². The number of methoxy groups -OCH3 is 1. The first-order valence-electron chi connectivity index (χ1n) is 6.01. The Morgan fingerprint density at radius 3 is 2.20 bits per heavy atom. The molecule has 0 aliphatic heterocycles. The molecule has 0 rings (SSSR count). The quantitative estimate of drug-likeness (QED) is 0.571. The van der Waals surface area contributed by atoms with Gasteiger partial charge in [0.1, 0.15) is 0 Å². The second-order valence-electron chi connectivity index (χ2n) is 4.12. The van der Waals surface area contributed by atoms with Crippen LogP contribution in [0.25, 0.3) is 0 Å². The average Bonchev–Trinajstić information content (AvgIpc) is 2.29. The minimum absolute atomic E-state index is 0.293. The maximum Gasteiger partial charge on any atom is 0.0487 e. The summed E-state index contributed by atoms with van der Waals surface area (Å²) in [6.45, 7) is 7.58. The second-order valence-corrected chi connectivity index (χ2v) is 4.12. The Morgan fingerprint density at radius 1 is 1.07 bits per heavy atom. The van der Waals surface area contributed by atoms with Crippen LogP contribution in [0.1, 0.15) is 39.5 Å². The zero-order valence-electron chi connectivity index (χ0n) is 10.6. The van der Waals surface area contributed by atoms with Crippen molar-refractivity contribution in [1.82, 2.24) is 0 Å². The molecule has 0 atom stereocenters. The van der Waals surface area contributed by atoms with Gasteiger partial charge in [0, 0.05) is 26.9 Å². The van der Waals surface area contributed by atoms with E-state index in [9.17, 15) is 0 Å². The smallest absolute Gasteiger partial charge is 0.0487 e. The Labute approximate surface area is 94.3 Å². The molecular formula is C12H27NO2. The summed E-state index contributed by atoms with van der Waals surface area (Å²) < 4.78 is 10.5. The van der Waals surface area contributed by atoms with Crippen molar-refractivity contribution in [3.05, 3.63) is 0 Å². The fraction of sp³-hybridized carbons (Fsp3) is 1.00. The first kappa shape index (κ1) is 14.9. The van der Waals surface area contributed by atoms with Crippen LogP contribution in [0.5, 0.6) is 0 Å². The molecule has 0 unspecified atom stereocenters. The van der Waals surface area contributed by atoms with Gasteiger partial charge in [-0.25, -0.2) is 0 Å². The van der Waals surface area contributed by atoms with Crippen molar-refractivity contribution in [1.29, 1.82) is 0 Å². The summed E-state index contributed by atoms with van der Waals surface area (Å²) in [5.74, 6) is 0. The normalized spacial score (nSPS) is 12.0. The molecule has 0 bridgehead atoms. The van der Waals surface area contributed by atoms with E-state index in [0.717, 1.165) is 52.0 Å². The van der Waals surface area contributed by atoms with Gasteiger partial charge in [0.15, 0.2) is 0 Å². The predicted octanol–water partition coefficient (Wildman–Crippen LogP) is 2.19. The van der Waals surface area contributed by atoms with Crippen molar-refractivity contribution >= 4 is 0 Å². The van der Waals surface area contributed by atoms with Crippen molar-refractivity contribution in [2.24, 2.45) is 11.1 Å². The van der Waals surface area contributed by atoms with E-state index < -0.39 is 0 Å². The van der Waals surface area contributed by atoms with Crippen LogP contribution in [0.2, 0.25) is 0 Å². The van der Waals surface area contributed by atoms with E-state index in [1.165, 1.54) is 0 Å². The zero-order valence-corrected chi connectivity index (χ0v) is 10.6. The summed E-state index contributed by atoms with van der Waals surface area (Å²) in [6.07, 6.45) is 4.33. The summed E-state index contributed by atoms with van der Waals surface area (Å²) in [5.41, 5.74) is 6.11. The topological polar surface area (TPSA) is 44.5 Å². The lowest BCUT2D eigenvalue weighted by atomic mass is 9.80. The molecule has 0 spiro atoms. The molecule has 15 heavy (non-hydrogen) atoms. The van der Waals surface area contributed by atoms with Gasteiger partial charge in [-0.2, -0.15) is 0 Å². The zero-order chi connectivity index (χ0) is 11.6. The molecule has 3 heteroatoms. The summed E-state index contributed by atoms with van der Waals surface area (Å²) >= 11 is 0. The average molecular weight is 217 g/mol. The number of ether oxygens (including phenoxy) is 2. The number of rotatable bonds is 10. The highest BCUT2D eigenvalue weighted by Gasteiger charge is 2.23. The van der Waals surface area contributed by atoms with E-state index in [0.29, 0.717) is 5.41 Å². The van der Waals surface area contributed by atoms with Crippen LogP contribution < -0.4 is 5.73 Å². The van der Waals surface area contributed by atoms with Gasteiger partial charge in [-0.15, -0.1) is 0 Å². The van der Waals surface area contributed by atoms with Crippen LogP contribution in [0.3, 0.4) is 0 Å². The van der Waals surface area contributed by atoms with Crippen molar-refractivity contribution in [2.45, 2.75) is 39.5 Å². The van der Waals surface area contributed by atoms with Gasteiger partial charge in [0.2, 0.25) is 0 Å². The molecule has 0 saturated carbocycles. The number of hydrogen-bond acceptors (Lipinski definition) is 3. The Morgan fingerprint density at radius 2 is 1.73 bits per heavy atom. The molecule has 0 saturated heterocycles. The maximum atomic E-state index is 5.82. The minimum Gasteiger partial charge on any atom is -0.385 e. The van der Waals surface area contributed by atoms with Crippen molar-refractivity contribution < 1.29 is 9.47 Å². The lowest BCUT2D eigenvalue weighted by Gasteiger charge is -2.29. The molecule has 0 heterocycles. The van der Waals surface area contributed by atoms with Gasteiger partial charge in [-0.1, -0.05) is 13.8 Å². The van der Waals surface area contributed by atoms with Gasteiger partial charge in [0.05, 0.1) is 0 Å². The monoisotopic (exact) mass is 217 g/mol. The largest absolute Gasteiger partial charge is 0.385 e. The molecule has 0 aliphatic carbocycles. The molecular weight excluding hydrogens is 190 g/mol. The summed E-state index contributed by atoms with van der Waals surface area (Å²) in [4.78, 5) is 0. The molecule has 2 N–H and O–H groups in total. The van der Waals surface area contributed by atoms with Crippen LogP contribution in [0, 0.1) is 5.41 Å².